The van der Waals surface area contributed by atoms with Gasteiger partial charge in [0.1, 0.15) is 12.0 Å². The fraction of sp³-hybridized carbons (Fsp3) is 0.500. The number of nitrogens with zero attached hydrogens (tertiary/aromatic N) is 4. The molecule has 0 spiro atoms. The molecule has 2 rings (SSSR count). The Morgan fingerprint density at radius 3 is 3.18 bits per heavy atom. The van der Waals surface area contributed by atoms with Crippen LogP contribution in [-0.2, 0) is 4.74 Å². The van der Waals surface area contributed by atoms with Crippen LogP contribution in [0.4, 0.5) is 11.5 Å². The van der Waals surface area contributed by atoms with Gasteiger partial charge in [0.25, 0.3) is 0 Å². The Morgan fingerprint density at radius 1 is 1.65 bits per heavy atom. The molecule has 0 aliphatic carbocycles. The maximum absolute atomic E-state index is 8.84. The van der Waals surface area contributed by atoms with Crippen molar-refractivity contribution in [1.29, 1.82) is 5.26 Å². The monoisotopic (exact) mass is 235 g/mol. The van der Waals surface area contributed by atoms with Crippen molar-refractivity contribution in [2.24, 2.45) is 0 Å². The number of nitrogen functional groups attached to an aromatic ring is 1. The topological polar surface area (TPSA) is 97.3 Å². The van der Waals surface area contributed by atoms with Gasteiger partial charge >= 0.3 is 0 Å². The Morgan fingerprint density at radius 2 is 2.47 bits per heavy atom. The molecule has 1 unspecified atom stereocenters. The zero-order chi connectivity index (χ0) is 12.3. The second-order valence-electron chi connectivity index (χ2n) is 3.55. The van der Waals surface area contributed by atoms with Gasteiger partial charge in [0.05, 0.1) is 26.3 Å². The summed E-state index contributed by atoms with van der Waals surface area (Å²) < 4.78 is 10.3. The molecule has 0 bridgehead atoms. The van der Waals surface area contributed by atoms with Gasteiger partial charge in [0.2, 0.25) is 5.88 Å². The minimum absolute atomic E-state index is 0.343. The van der Waals surface area contributed by atoms with Gasteiger partial charge in [-0.3, -0.25) is 0 Å². The normalized spacial score (nSPS) is 19.8. The van der Waals surface area contributed by atoms with Crippen molar-refractivity contribution in [2.75, 3.05) is 37.4 Å². The third-order valence-electron chi connectivity index (χ3n) is 2.53. The molecule has 0 aromatic carbocycles. The number of nitriles is 1. The Hall–Kier alpha value is -2.07. The summed E-state index contributed by atoms with van der Waals surface area (Å²) in [5, 5.41) is 8.84. The van der Waals surface area contributed by atoms with Crippen LogP contribution in [0.5, 0.6) is 5.88 Å². The first kappa shape index (κ1) is 11.4. The van der Waals surface area contributed by atoms with Crippen LogP contribution in [0.1, 0.15) is 0 Å². The van der Waals surface area contributed by atoms with Crippen molar-refractivity contribution >= 4 is 11.5 Å². The van der Waals surface area contributed by atoms with E-state index in [-0.39, 0.29) is 0 Å². The summed E-state index contributed by atoms with van der Waals surface area (Å²) in [5.74, 6) is 0.926. The van der Waals surface area contributed by atoms with Gasteiger partial charge in [-0.2, -0.15) is 10.2 Å². The summed E-state index contributed by atoms with van der Waals surface area (Å²) in [6, 6.07) is 2.07. The summed E-state index contributed by atoms with van der Waals surface area (Å²) >= 11 is 0. The summed E-state index contributed by atoms with van der Waals surface area (Å²) in [4.78, 5) is 9.93. The zero-order valence-corrected chi connectivity index (χ0v) is 9.46. The standard InChI is InChI=1S/C10H13N5O2/c1-16-10-8(12)9(13-6-14-10)15-2-3-17-7(4-11)5-15/h6-7H,2-3,5,12H2,1H3. The van der Waals surface area contributed by atoms with Crippen LogP contribution in [0.2, 0.25) is 0 Å². The van der Waals surface area contributed by atoms with E-state index >= 15 is 0 Å². The molecule has 1 aliphatic heterocycles. The lowest BCUT2D eigenvalue weighted by molar-refractivity contribution is 0.0762. The van der Waals surface area contributed by atoms with E-state index in [9.17, 15) is 0 Å². The highest BCUT2D eigenvalue weighted by Gasteiger charge is 2.23. The molecule has 1 aromatic rings. The predicted molar refractivity (Wildman–Crippen MR) is 60.6 cm³/mol. The summed E-state index contributed by atoms with van der Waals surface area (Å²) in [5.41, 5.74) is 6.28. The first-order valence-electron chi connectivity index (χ1n) is 5.17. The molecule has 90 valence electrons. The van der Waals surface area contributed by atoms with Crippen LogP contribution in [0.15, 0.2) is 6.33 Å². The van der Waals surface area contributed by atoms with E-state index in [1.54, 1.807) is 0 Å². The Balaban J connectivity index is 2.25. The van der Waals surface area contributed by atoms with Crippen LogP contribution < -0.4 is 15.4 Å². The maximum atomic E-state index is 8.84. The van der Waals surface area contributed by atoms with E-state index in [1.807, 2.05) is 4.90 Å². The van der Waals surface area contributed by atoms with E-state index in [0.717, 1.165) is 0 Å². The van der Waals surface area contributed by atoms with Crippen molar-refractivity contribution < 1.29 is 9.47 Å². The molecule has 1 fully saturated rings. The van der Waals surface area contributed by atoms with E-state index in [0.29, 0.717) is 37.1 Å². The predicted octanol–water partition coefficient (Wildman–Crippen LogP) is -0.204. The summed E-state index contributed by atoms with van der Waals surface area (Å²) in [6.07, 6.45) is 0.936. The van der Waals surface area contributed by atoms with Gasteiger partial charge < -0.3 is 20.1 Å². The van der Waals surface area contributed by atoms with E-state index in [1.165, 1.54) is 13.4 Å². The van der Waals surface area contributed by atoms with Gasteiger partial charge in [-0.1, -0.05) is 0 Å². The molecule has 7 heteroatoms. The lowest BCUT2D eigenvalue weighted by Crippen LogP contribution is -2.42. The third-order valence-corrected chi connectivity index (χ3v) is 2.53. The summed E-state index contributed by atoms with van der Waals surface area (Å²) in [6.45, 7) is 1.56. The molecule has 0 radical (unpaired) electrons. The van der Waals surface area contributed by atoms with Crippen molar-refractivity contribution in [3.05, 3.63) is 6.33 Å². The van der Waals surface area contributed by atoms with Crippen LogP contribution >= 0.6 is 0 Å². The molecule has 17 heavy (non-hydrogen) atoms. The number of nitrogens with two attached hydrogens (primary N) is 1. The first-order valence-corrected chi connectivity index (χ1v) is 5.17. The van der Waals surface area contributed by atoms with E-state index in [4.69, 9.17) is 20.5 Å². The number of rotatable bonds is 2. The molecular formula is C10H13N5O2. The van der Waals surface area contributed by atoms with Gasteiger partial charge in [0, 0.05) is 6.54 Å². The number of morpholine rings is 1. The number of aromatic nitrogens is 2. The molecule has 0 amide bonds. The average molecular weight is 235 g/mol. The van der Waals surface area contributed by atoms with Crippen LogP contribution in [-0.4, -0.2) is 42.9 Å². The average Bonchev–Trinajstić information content (AvgIpc) is 2.39. The highest BCUT2D eigenvalue weighted by atomic mass is 16.5. The molecule has 1 atom stereocenters. The minimum atomic E-state index is -0.455. The van der Waals surface area contributed by atoms with Crippen molar-refractivity contribution in [3.63, 3.8) is 0 Å². The largest absolute Gasteiger partial charge is 0.479 e. The Kier molecular flexibility index (Phi) is 3.25. The fourth-order valence-corrected chi connectivity index (χ4v) is 1.71. The maximum Gasteiger partial charge on any atom is 0.242 e. The molecule has 0 saturated carbocycles. The fourth-order valence-electron chi connectivity index (χ4n) is 1.71. The van der Waals surface area contributed by atoms with E-state index < -0.39 is 6.10 Å². The zero-order valence-electron chi connectivity index (χ0n) is 9.46. The molecule has 2 N–H and O–H groups in total. The molecule has 7 nitrogen and oxygen atoms in total. The lowest BCUT2D eigenvalue weighted by atomic mass is 10.3. The van der Waals surface area contributed by atoms with Crippen molar-refractivity contribution in [2.45, 2.75) is 6.10 Å². The van der Waals surface area contributed by atoms with Gasteiger partial charge in [-0.15, -0.1) is 0 Å². The molecule has 1 aromatic heterocycles. The second-order valence-corrected chi connectivity index (χ2v) is 3.55. The first-order chi connectivity index (χ1) is 8.26. The van der Waals surface area contributed by atoms with Gasteiger partial charge in [0.15, 0.2) is 11.9 Å². The smallest absolute Gasteiger partial charge is 0.242 e. The molecular weight excluding hydrogens is 222 g/mol. The van der Waals surface area contributed by atoms with Crippen LogP contribution in [0, 0.1) is 11.3 Å². The van der Waals surface area contributed by atoms with Crippen molar-refractivity contribution in [3.8, 4) is 11.9 Å². The quantitative estimate of drug-likeness (QED) is 0.757. The molecule has 2 heterocycles. The van der Waals surface area contributed by atoms with Crippen molar-refractivity contribution in [1.82, 2.24) is 9.97 Å². The SMILES string of the molecule is COc1ncnc(N2CCOC(C#N)C2)c1N. The Labute approximate surface area is 98.8 Å². The van der Waals surface area contributed by atoms with Gasteiger partial charge in [-0.25, -0.2) is 4.98 Å². The van der Waals surface area contributed by atoms with E-state index in [2.05, 4.69) is 16.0 Å². The number of hydrogen-bond donors (Lipinski definition) is 1. The highest BCUT2D eigenvalue weighted by molar-refractivity contribution is 5.67. The number of anilines is 2. The molecule has 1 aliphatic rings. The second kappa shape index (κ2) is 4.84. The Bertz CT molecular complexity index is 445. The van der Waals surface area contributed by atoms with Gasteiger partial charge in [-0.05, 0) is 0 Å². The number of hydrogen-bond acceptors (Lipinski definition) is 7. The summed E-state index contributed by atoms with van der Waals surface area (Å²) in [7, 11) is 1.50. The molecule has 1 saturated heterocycles. The number of ether oxygens (including phenoxy) is 2. The lowest BCUT2D eigenvalue weighted by Gasteiger charge is -2.31. The third kappa shape index (κ3) is 2.21. The highest BCUT2D eigenvalue weighted by Crippen LogP contribution is 2.28. The number of methoxy groups -OCH3 is 1. The minimum Gasteiger partial charge on any atom is -0.479 e. The van der Waals surface area contributed by atoms with Crippen LogP contribution in [0.3, 0.4) is 0 Å². The van der Waals surface area contributed by atoms with Crippen LogP contribution in [0.25, 0.3) is 0 Å².